The Morgan fingerprint density at radius 2 is 1.73 bits per heavy atom. The van der Waals surface area contributed by atoms with Crippen LogP contribution in [0.2, 0.25) is 0 Å². The largest absolute Gasteiger partial charge is 0.496 e. The average molecular weight is 379 g/mol. The first kappa shape index (κ1) is 20.2. The third-order valence-corrected chi connectivity index (χ3v) is 5.78. The van der Waals surface area contributed by atoms with Crippen molar-refractivity contribution in [1.82, 2.24) is 4.31 Å². The molecule has 0 aliphatic rings. The van der Waals surface area contributed by atoms with Gasteiger partial charge in [0.25, 0.3) is 0 Å². The van der Waals surface area contributed by atoms with Gasteiger partial charge in [-0.15, -0.1) is 0 Å². The highest BCUT2D eigenvalue weighted by Crippen LogP contribution is 2.26. The topological polar surface area (TPSA) is 65.1 Å². The van der Waals surface area contributed by atoms with Crippen LogP contribution >= 0.6 is 0 Å². The molecule has 2 aromatic rings. The average Bonchev–Trinajstić information content (AvgIpc) is 2.63. The summed E-state index contributed by atoms with van der Waals surface area (Å²) >= 11 is 0. The summed E-state index contributed by atoms with van der Waals surface area (Å²) < 4.78 is 42.9. The Balaban J connectivity index is 2.19. The number of nitrogens with zero attached hydrogens (tertiary/aromatic N) is 1. The lowest BCUT2D eigenvalue weighted by Gasteiger charge is -2.19. The predicted octanol–water partition coefficient (Wildman–Crippen LogP) is 2.85. The van der Waals surface area contributed by atoms with Gasteiger partial charge >= 0.3 is 0 Å². The van der Waals surface area contributed by atoms with Gasteiger partial charge in [-0.2, -0.15) is 4.31 Å². The molecule has 26 heavy (non-hydrogen) atoms. The van der Waals surface area contributed by atoms with E-state index < -0.39 is 10.0 Å². The molecule has 0 spiro atoms. The fourth-order valence-electron chi connectivity index (χ4n) is 2.52. The minimum absolute atomic E-state index is 0.220. The summed E-state index contributed by atoms with van der Waals surface area (Å²) in [5.41, 5.74) is 1.56. The monoisotopic (exact) mass is 379 g/mol. The SMILES string of the molecule is COCCOc1ccc(S(=O)(=O)N(C)Cc2ccccc2OC)cc1C. The van der Waals surface area contributed by atoms with Crippen molar-refractivity contribution in [2.24, 2.45) is 0 Å². The van der Waals surface area contributed by atoms with E-state index in [1.165, 1.54) is 4.31 Å². The van der Waals surface area contributed by atoms with Crippen molar-refractivity contribution in [3.05, 3.63) is 53.6 Å². The molecule has 0 aliphatic heterocycles. The zero-order chi connectivity index (χ0) is 19.2. The van der Waals surface area contributed by atoms with Crippen LogP contribution in [0.5, 0.6) is 11.5 Å². The van der Waals surface area contributed by atoms with Crippen molar-refractivity contribution in [2.75, 3.05) is 34.5 Å². The lowest BCUT2D eigenvalue weighted by Crippen LogP contribution is -2.26. The van der Waals surface area contributed by atoms with Crippen LogP contribution in [-0.2, 0) is 21.3 Å². The fraction of sp³-hybridized carbons (Fsp3) is 0.368. The van der Waals surface area contributed by atoms with Crippen molar-refractivity contribution < 1.29 is 22.6 Å². The Bertz CT molecular complexity index is 836. The second-order valence-electron chi connectivity index (χ2n) is 5.84. The van der Waals surface area contributed by atoms with Gasteiger partial charge in [-0.3, -0.25) is 0 Å². The summed E-state index contributed by atoms with van der Waals surface area (Å²) in [4.78, 5) is 0.228. The molecule has 0 radical (unpaired) electrons. The van der Waals surface area contributed by atoms with Crippen LogP contribution in [0.15, 0.2) is 47.4 Å². The summed E-state index contributed by atoms with van der Waals surface area (Å²) in [5, 5.41) is 0. The van der Waals surface area contributed by atoms with E-state index in [2.05, 4.69) is 0 Å². The highest BCUT2D eigenvalue weighted by atomic mass is 32.2. The summed E-state index contributed by atoms with van der Waals surface area (Å²) in [5.74, 6) is 1.31. The van der Waals surface area contributed by atoms with Crippen molar-refractivity contribution in [3.63, 3.8) is 0 Å². The molecule has 7 heteroatoms. The zero-order valence-corrected chi connectivity index (χ0v) is 16.4. The Kier molecular flexibility index (Phi) is 7.02. The number of aryl methyl sites for hydroxylation is 1. The van der Waals surface area contributed by atoms with E-state index in [9.17, 15) is 8.42 Å². The number of ether oxygens (including phenoxy) is 3. The van der Waals surface area contributed by atoms with Gasteiger partial charge in [-0.1, -0.05) is 18.2 Å². The summed E-state index contributed by atoms with van der Waals surface area (Å²) in [6.07, 6.45) is 0. The van der Waals surface area contributed by atoms with Crippen LogP contribution in [0.25, 0.3) is 0 Å². The van der Waals surface area contributed by atoms with E-state index >= 15 is 0 Å². The molecule has 142 valence electrons. The highest BCUT2D eigenvalue weighted by molar-refractivity contribution is 7.89. The van der Waals surface area contributed by atoms with Crippen molar-refractivity contribution in [2.45, 2.75) is 18.4 Å². The molecule has 6 nitrogen and oxygen atoms in total. The van der Waals surface area contributed by atoms with E-state index in [4.69, 9.17) is 14.2 Å². The normalized spacial score (nSPS) is 11.6. The van der Waals surface area contributed by atoms with Gasteiger partial charge < -0.3 is 14.2 Å². The van der Waals surface area contributed by atoms with E-state index in [-0.39, 0.29) is 11.4 Å². The van der Waals surface area contributed by atoms with Crippen molar-refractivity contribution in [3.8, 4) is 11.5 Å². The molecule has 0 saturated heterocycles. The van der Waals surface area contributed by atoms with Crippen LogP contribution in [0.3, 0.4) is 0 Å². The molecule has 0 aliphatic carbocycles. The Morgan fingerprint density at radius 3 is 2.38 bits per heavy atom. The molecule has 0 heterocycles. The lowest BCUT2D eigenvalue weighted by atomic mass is 10.2. The molecule has 0 unspecified atom stereocenters. The molecule has 0 fully saturated rings. The molecule has 0 aromatic heterocycles. The number of para-hydroxylation sites is 1. The number of methoxy groups -OCH3 is 2. The standard InChI is InChI=1S/C19H25NO5S/c1-15-13-17(9-10-18(15)25-12-11-23-3)26(21,22)20(2)14-16-7-5-6-8-19(16)24-4/h5-10,13H,11-12,14H2,1-4H3. The van der Waals surface area contributed by atoms with Gasteiger partial charge in [0.1, 0.15) is 18.1 Å². The second-order valence-corrected chi connectivity index (χ2v) is 7.89. The smallest absolute Gasteiger partial charge is 0.243 e. The summed E-state index contributed by atoms with van der Waals surface area (Å²) in [6, 6.07) is 12.2. The van der Waals surface area contributed by atoms with E-state index in [0.29, 0.717) is 24.7 Å². The molecular weight excluding hydrogens is 354 g/mol. The van der Waals surface area contributed by atoms with Crippen molar-refractivity contribution in [1.29, 1.82) is 0 Å². The molecular formula is C19H25NO5S. The number of sulfonamides is 1. The Labute approximate surface area is 155 Å². The quantitative estimate of drug-likeness (QED) is 0.627. The number of hydrogen-bond donors (Lipinski definition) is 0. The summed E-state index contributed by atoms with van der Waals surface area (Å²) in [6.45, 7) is 2.93. The maximum atomic E-state index is 12.9. The zero-order valence-electron chi connectivity index (χ0n) is 15.6. The van der Waals surface area contributed by atoms with Crippen LogP contribution in [0.4, 0.5) is 0 Å². The predicted molar refractivity (Wildman–Crippen MR) is 100 cm³/mol. The van der Waals surface area contributed by atoms with Gasteiger partial charge in [-0.25, -0.2) is 8.42 Å². The van der Waals surface area contributed by atoms with Crippen molar-refractivity contribution >= 4 is 10.0 Å². The Hall–Kier alpha value is -2.09. The van der Waals surface area contributed by atoms with E-state index in [1.807, 2.05) is 31.2 Å². The maximum absolute atomic E-state index is 12.9. The molecule has 0 atom stereocenters. The first-order valence-corrected chi connectivity index (χ1v) is 9.64. The first-order valence-electron chi connectivity index (χ1n) is 8.20. The molecule has 0 bridgehead atoms. The van der Waals surface area contributed by atoms with Gasteiger partial charge in [-0.05, 0) is 36.8 Å². The number of benzene rings is 2. The van der Waals surface area contributed by atoms with Gasteiger partial charge in [0.2, 0.25) is 10.0 Å². The number of rotatable bonds is 9. The van der Waals surface area contributed by atoms with E-state index in [1.54, 1.807) is 39.5 Å². The van der Waals surface area contributed by atoms with Crippen LogP contribution in [-0.4, -0.2) is 47.2 Å². The molecule has 2 aromatic carbocycles. The molecule has 0 saturated carbocycles. The van der Waals surface area contributed by atoms with Gasteiger partial charge in [0, 0.05) is 26.3 Å². The third kappa shape index (κ3) is 4.75. The van der Waals surface area contributed by atoms with Gasteiger partial charge in [0.05, 0.1) is 18.6 Å². The molecule has 0 amide bonds. The minimum atomic E-state index is -3.63. The third-order valence-electron chi connectivity index (χ3n) is 3.99. The van der Waals surface area contributed by atoms with Crippen LogP contribution < -0.4 is 9.47 Å². The lowest BCUT2D eigenvalue weighted by molar-refractivity contribution is 0.146. The van der Waals surface area contributed by atoms with Crippen LogP contribution in [0.1, 0.15) is 11.1 Å². The minimum Gasteiger partial charge on any atom is -0.496 e. The van der Waals surface area contributed by atoms with Gasteiger partial charge in [0.15, 0.2) is 0 Å². The van der Waals surface area contributed by atoms with Crippen LogP contribution in [0, 0.1) is 6.92 Å². The van der Waals surface area contributed by atoms with E-state index in [0.717, 1.165) is 11.1 Å². The summed E-state index contributed by atoms with van der Waals surface area (Å²) in [7, 11) is 1.10. The Morgan fingerprint density at radius 1 is 1.00 bits per heavy atom. The first-order chi connectivity index (χ1) is 12.4. The number of hydrogen-bond acceptors (Lipinski definition) is 5. The maximum Gasteiger partial charge on any atom is 0.243 e. The molecule has 2 rings (SSSR count). The molecule has 0 N–H and O–H groups in total. The second kappa shape index (κ2) is 9.02. The fourth-order valence-corrected chi connectivity index (χ4v) is 3.75. The highest BCUT2D eigenvalue weighted by Gasteiger charge is 2.22.